The van der Waals surface area contributed by atoms with Gasteiger partial charge in [0.2, 0.25) is 0 Å². The second-order valence-corrected chi connectivity index (χ2v) is 6.14. The van der Waals surface area contributed by atoms with E-state index in [1.54, 1.807) is 17.4 Å². The van der Waals surface area contributed by atoms with Crippen LogP contribution in [0.25, 0.3) is 10.8 Å². The third-order valence-corrected chi connectivity index (χ3v) is 4.33. The van der Waals surface area contributed by atoms with Gasteiger partial charge >= 0.3 is 0 Å². The molecule has 1 aliphatic rings. The van der Waals surface area contributed by atoms with E-state index in [4.69, 9.17) is 0 Å². The van der Waals surface area contributed by atoms with Gasteiger partial charge in [-0.2, -0.15) is 0 Å². The third-order valence-electron chi connectivity index (χ3n) is 3.37. The maximum atomic E-state index is 13.0. The minimum absolute atomic E-state index is 0.00846. The number of nitrogens with zero attached hydrogens (tertiary/aromatic N) is 3. The first kappa shape index (κ1) is 14.1. The van der Waals surface area contributed by atoms with Gasteiger partial charge in [-0.1, -0.05) is 6.08 Å². The summed E-state index contributed by atoms with van der Waals surface area (Å²) in [5, 5.41) is 6.19. The van der Waals surface area contributed by atoms with Gasteiger partial charge in [0.25, 0.3) is 0 Å². The first-order valence-corrected chi connectivity index (χ1v) is 7.87. The van der Waals surface area contributed by atoms with E-state index >= 15 is 0 Å². The average molecular weight is 304 g/mol. The van der Waals surface area contributed by atoms with E-state index in [0.29, 0.717) is 18.7 Å². The lowest BCUT2D eigenvalue weighted by Crippen LogP contribution is -2.22. The number of halogens is 1. The van der Waals surface area contributed by atoms with E-state index in [2.05, 4.69) is 20.3 Å². The minimum Gasteiger partial charge on any atom is -0.367 e. The number of rotatable bonds is 3. The lowest BCUT2D eigenvalue weighted by molar-refractivity contribution is 0.509. The Labute approximate surface area is 127 Å². The molecule has 0 aliphatic heterocycles. The Morgan fingerprint density at radius 1 is 1.24 bits per heavy atom. The zero-order valence-electron chi connectivity index (χ0n) is 12.1. The van der Waals surface area contributed by atoms with Crippen molar-refractivity contribution in [3.8, 4) is 10.8 Å². The van der Waals surface area contributed by atoms with Gasteiger partial charge in [-0.05, 0) is 26.7 Å². The number of hydrogen-bond donors (Lipinski definition) is 1. The molecule has 110 valence electrons. The molecule has 1 unspecified atom stereocenters. The number of aryl methyl sites for hydroxylation is 2. The van der Waals surface area contributed by atoms with Crippen molar-refractivity contribution in [2.24, 2.45) is 0 Å². The highest BCUT2D eigenvalue weighted by Crippen LogP contribution is 2.24. The van der Waals surface area contributed by atoms with Gasteiger partial charge in [0.15, 0.2) is 10.8 Å². The van der Waals surface area contributed by atoms with Crippen LogP contribution in [0.5, 0.6) is 0 Å². The summed E-state index contributed by atoms with van der Waals surface area (Å²) in [5.74, 6) is 1.42. The van der Waals surface area contributed by atoms with Crippen LogP contribution in [0.3, 0.4) is 0 Å². The quantitative estimate of drug-likeness (QED) is 0.930. The topological polar surface area (TPSA) is 50.7 Å². The number of thiazole rings is 1. The molecule has 0 saturated carbocycles. The predicted octanol–water partition coefficient (Wildman–Crippen LogP) is 4.03. The largest absolute Gasteiger partial charge is 0.367 e. The smallest absolute Gasteiger partial charge is 0.190 e. The average Bonchev–Trinajstić information content (AvgIpc) is 2.88. The monoisotopic (exact) mass is 304 g/mol. The van der Waals surface area contributed by atoms with Gasteiger partial charge in [0.05, 0.1) is 5.83 Å². The van der Waals surface area contributed by atoms with Gasteiger partial charge in [-0.3, -0.25) is 0 Å². The molecule has 1 aliphatic carbocycles. The number of anilines is 1. The Morgan fingerprint density at radius 2 is 2.10 bits per heavy atom. The molecular weight excluding hydrogens is 287 g/mol. The van der Waals surface area contributed by atoms with E-state index in [0.717, 1.165) is 28.6 Å². The van der Waals surface area contributed by atoms with Crippen LogP contribution in [-0.2, 0) is 0 Å². The second kappa shape index (κ2) is 5.89. The molecule has 0 amide bonds. The van der Waals surface area contributed by atoms with Crippen molar-refractivity contribution in [2.45, 2.75) is 39.2 Å². The summed E-state index contributed by atoms with van der Waals surface area (Å²) in [6.45, 7) is 3.90. The molecule has 4 nitrogen and oxygen atoms in total. The van der Waals surface area contributed by atoms with Crippen LogP contribution in [0.1, 0.15) is 30.7 Å². The fraction of sp³-hybridized carbons (Fsp3) is 0.400. The van der Waals surface area contributed by atoms with Crippen molar-refractivity contribution >= 4 is 17.2 Å². The SMILES string of the molecule is Cc1cc(NC2CC=C(F)CC2)nc(-c2nc(C)cs2)n1. The van der Waals surface area contributed by atoms with Crippen LogP contribution in [-0.4, -0.2) is 21.0 Å². The van der Waals surface area contributed by atoms with Crippen LogP contribution in [0.15, 0.2) is 23.3 Å². The zero-order chi connectivity index (χ0) is 14.8. The molecule has 0 aromatic carbocycles. The molecule has 1 N–H and O–H groups in total. The number of aromatic nitrogens is 3. The van der Waals surface area contributed by atoms with E-state index in [1.807, 2.05) is 25.3 Å². The summed E-state index contributed by atoms with van der Waals surface area (Å²) in [4.78, 5) is 13.4. The van der Waals surface area contributed by atoms with Crippen molar-refractivity contribution in [1.82, 2.24) is 15.0 Å². The second-order valence-electron chi connectivity index (χ2n) is 5.28. The fourth-order valence-corrected chi connectivity index (χ4v) is 3.07. The molecule has 2 heterocycles. The third kappa shape index (κ3) is 3.44. The fourth-order valence-electron chi connectivity index (χ4n) is 2.34. The first-order valence-electron chi connectivity index (χ1n) is 6.99. The van der Waals surface area contributed by atoms with E-state index in [1.165, 1.54) is 0 Å². The molecule has 0 radical (unpaired) electrons. The van der Waals surface area contributed by atoms with Crippen molar-refractivity contribution in [1.29, 1.82) is 0 Å². The van der Waals surface area contributed by atoms with Gasteiger partial charge in [-0.15, -0.1) is 11.3 Å². The van der Waals surface area contributed by atoms with Crippen molar-refractivity contribution in [3.63, 3.8) is 0 Å². The Morgan fingerprint density at radius 3 is 2.76 bits per heavy atom. The van der Waals surface area contributed by atoms with Crippen LogP contribution in [0, 0.1) is 13.8 Å². The summed E-state index contributed by atoms with van der Waals surface area (Å²) >= 11 is 1.54. The molecular formula is C15H17FN4S. The minimum atomic E-state index is -0.00846. The maximum absolute atomic E-state index is 13.0. The maximum Gasteiger partial charge on any atom is 0.190 e. The Hall–Kier alpha value is -1.82. The van der Waals surface area contributed by atoms with Crippen molar-refractivity contribution in [3.05, 3.63) is 34.7 Å². The van der Waals surface area contributed by atoms with Crippen LogP contribution in [0.4, 0.5) is 10.2 Å². The molecule has 2 aromatic rings. The lowest BCUT2D eigenvalue weighted by atomic mass is 10.0. The molecule has 1 atom stereocenters. The number of nitrogens with one attached hydrogen (secondary N) is 1. The molecule has 0 spiro atoms. The summed E-state index contributed by atoms with van der Waals surface area (Å²) in [5.41, 5.74) is 1.87. The molecule has 3 rings (SSSR count). The van der Waals surface area contributed by atoms with Crippen molar-refractivity contribution < 1.29 is 4.39 Å². The highest BCUT2D eigenvalue weighted by Gasteiger charge is 2.16. The molecule has 0 saturated heterocycles. The molecule has 21 heavy (non-hydrogen) atoms. The Bertz CT molecular complexity index is 680. The Kier molecular flexibility index (Phi) is 3.96. The van der Waals surface area contributed by atoms with Gasteiger partial charge < -0.3 is 5.32 Å². The molecule has 2 aromatic heterocycles. The number of hydrogen-bond acceptors (Lipinski definition) is 5. The highest BCUT2D eigenvalue weighted by molar-refractivity contribution is 7.13. The van der Waals surface area contributed by atoms with Gasteiger partial charge in [0, 0.05) is 35.3 Å². The summed E-state index contributed by atoms with van der Waals surface area (Å²) in [6, 6.07) is 2.14. The van der Waals surface area contributed by atoms with E-state index < -0.39 is 0 Å². The normalized spacial score (nSPS) is 18.4. The Balaban J connectivity index is 1.81. The summed E-state index contributed by atoms with van der Waals surface area (Å²) < 4.78 is 13.0. The van der Waals surface area contributed by atoms with Crippen LogP contribution in [0.2, 0.25) is 0 Å². The van der Waals surface area contributed by atoms with Gasteiger partial charge in [0.1, 0.15) is 5.82 Å². The summed E-state index contributed by atoms with van der Waals surface area (Å²) in [7, 11) is 0. The zero-order valence-corrected chi connectivity index (χ0v) is 12.9. The lowest BCUT2D eigenvalue weighted by Gasteiger charge is -2.21. The van der Waals surface area contributed by atoms with E-state index in [-0.39, 0.29) is 11.9 Å². The van der Waals surface area contributed by atoms with E-state index in [9.17, 15) is 4.39 Å². The first-order chi connectivity index (χ1) is 10.1. The van der Waals surface area contributed by atoms with Gasteiger partial charge in [-0.25, -0.2) is 19.3 Å². The highest BCUT2D eigenvalue weighted by atomic mass is 32.1. The molecule has 0 fully saturated rings. The molecule has 6 heteroatoms. The summed E-state index contributed by atoms with van der Waals surface area (Å²) in [6.07, 6.45) is 3.64. The van der Waals surface area contributed by atoms with Crippen molar-refractivity contribution in [2.75, 3.05) is 5.32 Å². The predicted molar refractivity (Wildman–Crippen MR) is 83.1 cm³/mol. The number of allylic oxidation sites excluding steroid dienone is 1. The van der Waals surface area contributed by atoms with Crippen LogP contribution >= 0.6 is 11.3 Å². The van der Waals surface area contributed by atoms with Crippen LogP contribution < -0.4 is 5.32 Å². The molecule has 0 bridgehead atoms. The standard InChI is InChI=1S/C15H17FN4S/c1-9-7-13(19-12-5-3-11(16)4-6-12)20-14(17-9)15-18-10(2)8-21-15/h3,7-8,12H,4-6H2,1-2H3,(H,17,19,20).